The van der Waals surface area contributed by atoms with Gasteiger partial charge in [-0.1, -0.05) is 48.3 Å². The van der Waals surface area contributed by atoms with Gasteiger partial charge in [0, 0.05) is 36.6 Å². The highest BCUT2D eigenvalue weighted by molar-refractivity contribution is 7.92. The summed E-state index contributed by atoms with van der Waals surface area (Å²) in [6.07, 6.45) is 1.92. The van der Waals surface area contributed by atoms with E-state index < -0.39 is 16.1 Å². The van der Waals surface area contributed by atoms with E-state index in [2.05, 4.69) is 5.32 Å². The fourth-order valence-corrected chi connectivity index (χ4v) is 5.03. The summed E-state index contributed by atoms with van der Waals surface area (Å²) in [5.41, 5.74) is 1.97. The minimum atomic E-state index is -3.59. The normalized spacial score (nSPS) is 12.2. The highest BCUT2D eigenvalue weighted by atomic mass is 35.5. The molecule has 0 heterocycles. The Kier molecular flexibility index (Phi) is 10.2. The lowest BCUT2D eigenvalue weighted by atomic mass is 10.1. The van der Waals surface area contributed by atoms with E-state index in [0.29, 0.717) is 27.7 Å². The van der Waals surface area contributed by atoms with Crippen molar-refractivity contribution in [2.45, 2.75) is 45.7 Å². The molecule has 0 aliphatic rings. The Morgan fingerprint density at radius 1 is 1.09 bits per heavy atom. The first-order valence-electron chi connectivity index (χ1n) is 11.0. The van der Waals surface area contributed by atoms with Gasteiger partial charge in [-0.3, -0.25) is 13.9 Å². The van der Waals surface area contributed by atoms with Gasteiger partial charge in [-0.25, -0.2) is 8.42 Å². The van der Waals surface area contributed by atoms with Crippen LogP contribution in [0.5, 0.6) is 0 Å². The second kappa shape index (κ2) is 12.4. The molecule has 7 nitrogen and oxygen atoms in total. The summed E-state index contributed by atoms with van der Waals surface area (Å²) >= 11 is 12.2. The molecule has 0 saturated carbocycles. The van der Waals surface area contributed by atoms with Crippen LogP contribution in [0, 0.1) is 6.92 Å². The van der Waals surface area contributed by atoms with Gasteiger partial charge in [-0.2, -0.15) is 0 Å². The number of carbonyl (C=O) groups excluding carboxylic acids is 2. The van der Waals surface area contributed by atoms with Crippen LogP contribution in [0.2, 0.25) is 10.0 Å². The van der Waals surface area contributed by atoms with Crippen LogP contribution in [0.1, 0.15) is 37.3 Å². The molecular weight excluding hydrogens is 497 g/mol. The van der Waals surface area contributed by atoms with E-state index in [4.69, 9.17) is 23.2 Å². The van der Waals surface area contributed by atoms with Crippen molar-refractivity contribution in [3.8, 4) is 0 Å². The largest absolute Gasteiger partial charge is 0.357 e. The van der Waals surface area contributed by atoms with Gasteiger partial charge in [0.1, 0.15) is 6.04 Å². The zero-order valence-corrected chi connectivity index (χ0v) is 22.2. The Morgan fingerprint density at radius 3 is 2.29 bits per heavy atom. The van der Waals surface area contributed by atoms with Gasteiger partial charge in [-0.05, 0) is 55.2 Å². The van der Waals surface area contributed by atoms with Gasteiger partial charge in [0.15, 0.2) is 0 Å². The number of hydrogen-bond acceptors (Lipinski definition) is 4. The number of carbonyl (C=O) groups is 2. The van der Waals surface area contributed by atoms with Crippen LogP contribution < -0.4 is 9.62 Å². The molecule has 1 atom stereocenters. The first-order chi connectivity index (χ1) is 16.0. The molecule has 0 bridgehead atoms. The third-order valence-corrected chi connectivity index (χ3v) is 7.40. The van der Waals surface area contributed by atoms with Crippen LogP contribution in [-0.4, -0.2) is 51.0 Å². The second-order valence-electron chi connectivity index (χ2n) is 8.01. The predicted molar refractivity (Wildman–Crippen MR) is 138 cm³/mol. The fraction of sp³-hybridized carbons (Fsp3) is 0.417. The average Bonchev–Trinajstić information content (AvgIpc) is 2.79. The molecule has 0 spiro atoms. The Labute approximate surface area is 212 Å². The van der Waals surface area contributed by atoms with Crippen LogP contribution >= 0.6 is 23.2 Å². The molecular formula is C24H31Cl2N3O4S. The van der Waals surface area contributed by atoms with Gasteiger partial charge in [0.25, 0.3) is 0 Å². The molecule has 0 fully saturated rings. The maximum atomic E-state index is 13.3. The smallest absolute Gasteiger partial charge is 0.242 e. The summed E-state index contributed by atoms with van der Waals surface area (Å²) in [6, 6.07) is 11.5. The molecule has 2 rings (SSSR count). The molecule has 34 heavy (non-hydrogen) atoms. The number of amides is 2. The number of nitrogens with zero attached hydrogens (tertiary/aromatic N) is 2. The lowest BCUT2D eigenvalue weighted by Crippen LogP contribution is -2.48. The quantitative estimate of drug-likeness (QED) is 0.469. The fourth-order valence-electron chi connectivity index (χ4n) is 3.72. The third kappa shape index (κ3) is 7.35. The number of rotatable bonds is 11. The lowest BCUT2D eigenvalue weighted by Gasteiger charge is -2.31. The summed E-state index contributed by atoms with van der Waals surface area (Å²) in [6.45, 7) is 3.95. The molecule has 2 aromatic rings. The van der Waals surface area contributed by atoms with E-state index >= 15 is 0 Å². The third-order valence-electron chi connectivity index (χ3n) is 5.56. The van der Waals surface area contributed by atoms with Crippen LogP contribution in [0.4, 0.5) is 5.69 Å². The Hall–Kier alpha value is -2.29. The molecule has 0 aliphatic heterocycles. The number of likely N-dealkylation sites (N-methyl/N-ethyl adjacent to an activating group) is 1. The Bertz CT molecular complexity index is 1110. The first-order valence-corrected chi connectivity index (χ1v) is 13.6. The van der Waals surface area contributed by atoms with Crippen molar-refractivity contribution in [1.29, 1.82) is 0 Å². The van der Waals surface area contributed by atoms with Crippen molar-refractivity contribution in [2.24, 2.45) is 0 Å². The van der Waals surface area contributed by atoms with Crippen LogP contribution in [0.15, 0.2) is 42.5 Å². The Balaban J connectivity index is 2.21. The van der Waals surface area contributed by atoms with Gasteiger partial charge >= 0.3 is 0 Å². The van der Waals surface area contributed by atoms with E-state index in [1.54, 1.807) is 37.3 Å². The summed E-state index contributed by atoms with van der Waals surface area (Å²) in [7, 11) is -2.06. The van der Waals surface area contributed by atoms with Gasteiger partial charge < -0.3 is 10.2 Å². The van der Waals surface area contributed by atoms with Gasteiger partial charge in [0.05, 0.1) is 11.9 Å². The van der Waals surface area contributed by atoms with Gasteiger partial charge in [-0.15, -0.1) is 0 Å². The van der Waals surface area contributed by atoms with Crippen LogP contribution in [-0.2, 0) is 26.2 Å². The number of benzene rings is 2. The molecule has 2 amide bonds. The standard InChI is InChI=1S/C24H31Cl2N3O4S/c1-5-21(24(31)27-3)28(16-18-11-13-19(25)14-12-18)23(30)10-7-15-29(34(4,32)33)22-9-6-8-20(26)17(22)2/h6,8-9,11-14,21H,5,7,10,15-16H2,1-4H3,(H,27,31)/t21-/m1/s1. The summed E-state index contributed by atoms with van der Waals surface area (Å²) in [5, 5.41) is 3.67. The van der Waals surface area contributed by atoms with E-state index in [-0.39, 0.29) is 37.7 Å². The van der Waals surface area contributed by atoms with Crippen molar-refractivity contribution in [3.05, 3.63) is 63.6 Å². The summed E-state index contributed by atoms with van der Waals surface area (Å²) in [4.78, 5) is 27.3. The molecule has 0 aromatic heterocycles. The van der Waals surface area contributed by atoms with E-state index in [9.17, 15) is 18.0 Å². The molecule has 1 N–H and O–H groups in total. The monoisotopic (exact) mass is 527 g/mol. The minimum Gasteiger partial charge on any atom is -0.357 e. The number of halogens is 2. The first kappa shape index (κ1) is 28.0. The topological polar surface area (TPSA) is 86.8 Å². The SMILES string of the molecule is CC[C@H](C(=O)NC)N(Cc1ccc(Cl)cc1)C(=O)CCCN(c1cccc(Cl)c1C)S(C)(=O)=O. The van der Waals surface area contributed by atoms with Crippen molar-refractivity contribution < 1.29 is 18.0 Å². The zero-order chi connectivity index (χ0) is 25.5. The number of sulfonamides is 1. The highest BCUT2D eigenvalue weighted by Crippen LogP contribution is 2.28. The Morgan fingerprint density at radius 2 is 1.74 bits per heavy atom. The van der Waals surface area contributed by atoms with Gasteiger partial charge in [0.2, 0.25) is 21.8 Å². The van der Waals surface area contributed by atoms with E-state index in [1.807, 2.05) is 19.1 Å². The minimum absolute atomic E-state index is 0.0761. The number of hydrogen-bond donors (Lipinski definition) is 1. The van der Waals surface area contributed by atoms with Crippen molar-refractivity contribution in [2.75, 3.05) is 24.2 Å². The summed E-state index contributed by atoms with van der Waals surface area (Å²) in [5.74, 6) is -0.487. The molecule has 0 aliphatic carbocycles. The highest BCUT2D eigenvalue weighted by Gasteiger charge is 2.28. The number of anilines is 1. The molecule has 186 valence electrons. The molecule has 0 saturated heterocycles. The average molecular weight is 529 g/mol. The molecule has 2 aromatic carbocycles. The molecule has 0 radical (unpaired) electrons. The van der Waals surface area contributed by atoms with Crippen molar-refractivity contribution in [3.63, 3.8) is 0 Å². The van der Waals surface area contributed by atoms with Crippen molar-refractivity contribution >= 4 is 50.7 Å². The second-order valence-corrected chi connectivity index (χ2v) is 10.8. The lowest BCUT2D eigenvalue weighted by molar-refractivity contribution is -0.141. The molecule has 0 unspecified atom stereocenters. The molecule has 10 heteroatoms. The zero-order valence-electron chi connectivity index (χ0n) is 19.8. The van der Waals surface area contributed by atoms with Crippen LogP contribution in [0.3, 0.4) is 0 Å². The summed E-state index contributed by atoms with van der Waals surface area (Å²) < 4.78 is 26.2. The van der Waals surface area contributed by atoms with Crippen molar-refractivity contribution in [1.82, 2.24) is 10.2 Å². The predicted octanol–water partition coefficient (Wildman–Crippen LogP) is 4.40. The maximum Gasteiger partial charge on any atom is 0.242 e. The van der Waals surface area contributed by atoms with E-state index in [1.165, 1.54) is 16.3 Å². The van der Waals surface area contributed by atoms with E-state index in [0.717, 1.165) is 11.8 Å². The van der Waals surface area contributed by atoms with Crippen LogP contribution in [0.25, 0.3) is 0 Å². The maximum absolute atomic E-state index is 13.3. The number of nitrogens with one attached hydrogen (secondary N) is 1.